The number of nitro groups is 1. The summed E-state index contributed by atoms with van der Waals surface area (Å²) < 4.78 is 10.2. The SMILES string of the molecule is COc1cc(/C=N\NC(=O)c2ccc3[nH]c4c(c3c2)CCCC4)cc([N+](=O)[O-])c1OC. The summed E-state index contributed by atoms with van der Waals surface area (Å²) in [5.41, 5.74) is 6.69. The van der Waals surface area contributed by atoms with Gasteiger partial charge in [0.05, 0.1) is 25.4 Å². The maximum Gasteiger partial charge on any atom is 0.315 e. The molecule has 0 fully saturated rings. The number of fused-ring (bicyclic) bond motifs is 3. The van der Waals surface area contributed by atoms with Crippen molar-refractivity contribution in [3.05, 3.63) is 62.8 Å². The van der Waals surface area contributed by atoms with Crippen molar-refractivity contribution in [2.24, 2.45) is 5.10 Å². The van der Waals surface area contributed by atoms with Crippen LogP contribution in [0.3, 0.4) is 0 Å². The van der Waals surface area contributed by atoms with Gasteiger partial charge in [-0.2, -0.15) is 5.10 Å². The molecule has 0 saturated carbocycles. The highest BCUT2D eigenvalue weighted by molar-refractivity contribution is 5.99. The lowest BCUT2D eigenvalue weighted by molar-refractivity contribution is -0.385. The first-order valence-corrected chi connectivity index (χ1v) is 9.89. The molecule has 31 heavy (non-hydrogen) atoms. The number of benzene rings is 2. The largest absolute Gasteiger partial charge is 0.493 e. The highest BCUT2D eigenvalue weighted by Gasteiger charge is 2.21. The van der Waals surface area contributed by atoms with E-state index >= 15 is 0 Å². The highest BCUT2D eigenvalue weighted by atomic mass is 16.6. The number of aryl methyl sites for hydroxylation is 2. The number of nitro benzene ring substituents is 1. The fraction of sp³-hybridized carbons (Fsp3) is 0.273. The number of amides is 1. The van der Waals surface area contributed by atoms with Crippen LogP contribution >= 0.6 is 0 Å². The average molecular weight is 422 g/mol. The second-order valence-electron chi connectivity index (χ2n) is 7.28. The van der Waals surface area contributed by atoms with Crippen molar-refractivity contribution in [2.45, 2.75) is 25.7 Å². The molecule has 1 aliphatic carbocycles. The summed E-state index contributed by atoms with van der Waals surface area (Å²) in [7, 11) is 2.72. The van der Waals surface area contributed by atoms with Crippen molar-refractivity contribution in [1.29, 1.82) is 0 Å². The molecule has 3 aromatic rings. The van der Waals surface area contributed by atoms with E-state index in [1.54, 1.807) is 12.1 Å². The Hall–Kier alpha value is -3.88. The Morgan fingerprint density at radius 3 is 2.74 bits per heavy atom. The second kappa shape index (κ2) is 8.47. The first-order chi connectivity index (χ1) is 15.0. The minimum absolute atomic E-state index is 0.0248. The molecule has 0 radical (unpaired) electrons. The van der Waals surface area contributed by atoms with Crippen LogP contribution in [0.15, 0.2) is 35.4 Å². The predicted octanol–water partition coefficient (Wildman–Crippen LogP) is 3.74. The maximum absolute atomic E-state index is 12.6. The van der Waals surface area contributed by atoms with Crippen LogP contribution in [-0.2, 0) is 12.8 Å². The minimum Gasteiger partial charge on any atom is -0.493 e. The van der Waals surface area contributed by atoms with Crippen molar-refractivity contribution >= 4 is 28.7 Å². The number of aromatic amines is 1. The lowest BCUT2D eigenvalue weighted by atomic mass is 9.95. The molecule has 2 aromatic carbocycles. The second-order valence-corrected chi connectivity index (χ2v) is 7.28. The zero-order chi connectivity index (χ0) is 22.0. The number of hydrazone groups is 1. The Kier molecular flexibility index (Phi) is 5.57. The van der Waals surface area contributed by atoms with Gasteiger partial charge in [0.1, 0.15) is 0 Å². The van der Waals surface area contributed by atoms with E-state index in [-0.39, 0.29) is 23.1 Å². The van der Waals surface area contributed by atoms with E-state index in [0.717, 1.165) is 30.2 Å². The monoisotopic (exact) mass is 422 g/mol. The fourth-order valence-corrected chi connectivity index (χ4v) is 3.95. The van der Waals surface area contributed by atoms with Crippen molar-refractivity contribution in [2.75, 3.05) is 14.2 Å². The van der Waals surface area contributed by atoms with Crippen LogP contribution < -0.4 is 14.9 Å². The number of ether oxygens (including phenoxy) is 2. The van der Waals surface area contributed by atoms with Gasteiger partial charge in [-0.05, 0) is 55.5 Å². The highest BCUT2D eigenvalue weighted by Crippen LogP contribution is 2.37. The van der Waals surface area contributed by atoms with Gasteiger partial charge in [0.25, 0.3) is 5.91 Å². The molecule has 0 saturated heterocycles. The third kappa shape index (κ3) is 3.94. The number of carbonyl (C=O) groups excluding carboxylic acids is 1. The molecular formula is C22H22N4O5. The molecule has 0 unspecified atom stereocenters. The molecule has 0 aliphatic heterocycles. The van der Waals surface area contributed by atoms with Gasteiger partial charge in [0.2, 0.25) is 5.75 Å². The number of carbonyl (C=O) groups is 1. The minimum atomic E-state index is -0.565. The standard InChI is InChI=1S/C22H22N4O5/c1-30-20-10-13(9-19(26(28)29)21(20)31-2)12-23-25-22(27)14-7-8-18-16(11-14)15-5-3-4-6-17(15)24-18/h7-12,24H,3-6H2,1-2H3,(H,25,27)/b23-12-. The van der Waals surface area contributed by atoms with Crippen LogP contribution in [0.5, 0.6) is 11.5 Å². The number of rotatable bonds is 6. The molecule has 0 bridgehead atoms. The Labute approximate surface area is 178 Å². The zero-order valence-corrected chi connectivity index (χ0v) is 17.2. The lowest BCUT2D eigenvalue weighted by Crippen LogP contribution is -2.17. The van der Waals surface area contributed by atoms with Gasteiger partial charge < -0.3 is 14.5 Å². The van der Waals surface area contributed by atoms with Crippen LogP contribution in [-0.4, -0.2) is 36.2 Å². The van der Waals surface area contributed by atoms with Gasteiger partial charge in [-0.15, -0.1) is 0 Å². The smallest absolute Gasteiger partial charge is 0.315 e. The van der Waals surface area contributed by atoms with Crippen LogP contribution in [0.2, 0.25) is 0 Å². The topological polar surface area (TPSA) is 119 Å². The molecule has 160 valence electrons. The summed E-state index contributed by atoms with van der Waals surface area (Å²) in [6.45, 7) is 0. The van der Waals surface area contributed by atoms with E-state index in [4.69, 9.17) is 9.47 Å². The van der Waals surface area contributed by atoms with E-state index in [2.05, 4.69) is 15.5 Å². The van der Waals surface area contributed by atoms with Crippen LogP contribution in [0.4, 0.5) is 5.69 Å². The predicted molar refractivity (Wildman–Crippen MR) is 116 cm³/mol. The van der Waals surface area contributed by atoms with Crippen LogP contribution in [0.1, 0.15) is 40.0 Å². The molecule has 4 rings (SSSR count). The van der Waals surface area contributed by atoms with Crippen molar-refractivity contribution in [1.82, 2.24) is 10.4 Å². The summed E-state index contributed by atoms with van der Waals surface area (Å²) in [5.74, 6) is -0.136. The van der Waals surface area contributed by atoms with Gasteiger partial charge in [-0.1, -0.05) is 0 Å². The number of hydrogen-bond acceptors (Lipinski definition) is 6. The van der Waals surface area contributed by atoms with Gasteiger partial charge in [0.15, 0.2) is 5.75 Å². The van der Waals surface area contributed by atoms with Gasteiger partial charge >= 0.3 is 5.69 Å². The van der Waals surface area contributed by atoms with Crippen molar-refractivity contribution in [3.8, 4) is 11.5 Å². The molecule has 0 spiro atoms. The molecule has 9 nitrogen and oxygen atoms in total. The summed E-state index contributed by atoms with van der Waals surface area (Å²) in [6.07, 6.45) is 5.70. The molecule has 1 amide bonds. The molecule has 0 atom stereocenters. The van der Waals surface area contributed by atoms with Gasteiger partial charge in [0, 0.05) is 33.8 Å². The zero-order valence-electron chi connectivity index (χ0n) is 17.2. The van der Waals surface area contributed by atoms with Gasteiger partial charge in [-0.3, -0.25) is 14.9 Å². The van der Waals surface area contributed by atoms with Crippen molar-refractivity contribution < 1.29 is 19.2 Å². The Balaban J connectivity index is 1.55. The Morgan fingerprint density at radius 1 is 1.19 bits per heavy atom. The number of nitrogens with zero attached hydrogens (tertiary/aromatic N) is 2. The lowest BCUT2D eigenvalue weighted by Gasteiger charge is -2.10. The maximum atomic E-state index is 12.6. The summed E-state index contributed by atoms with van der Waals surface area (Å²) >= 11 is 0. The number of nitrogens with one attached hydrogen (secondary N) is 2. The summed E-state index contributed by atoms with van der Waals surface area (Å²) in [6, 6.07) is 8.37. The van der Waals surface area contributed by atoms with E-state index < -0.39 is 4.92 Å². The quantitative estimate of drug-likeness (QED) is 0.356. The number of H-pyrrole nitrogens is 1. The van der Waals surface area contributed by atoms with Crippen molar-refractivity contribution in [3.63, 3.8) is 0 Å². The van der Waals surface area contributed by atoms with E-state index in [0.29, 0.717) is 11.1 Å². The molecule has 1 aromatic heterocycles. The first kappa shape index (κ1) is 20.4. The Bertz CT molecular complexity index is 1200. The number of methoxy groups -OCH3 is 2. The first-order valence-electron chi connectivity index (χ1n) is 9.89. The van der Waals surface area contributed by atoms with E-state index in [1.807, 2.05) is 12.1 Å². The third-order valence-electron chi connectivity index (χ3n) is 5.42. The summed E-state index contributed by atoms with van der Waals surface area (Å²) in [5, 5.41) is 16.3. The third-order valence-corrected chi connectivity index (χ3v) is 5.42. The van der Waals surface area contributed by atoms with Gasteiger partial charge in [-0.25, -0.2) is 5.43 Å². The van der Waals surface area contributed by atoms with E-state index in [9.17, 15) is 14.9 Å². The fourth-order valence-electron chi connectivity index (χ4n) is 3.95. The molecular weight excluding hydrogens is 400 g/mol. The van der Waals surface area contributed by atoms with Crippen LogP contribution in [0, 0.1) is 10.1 Å². The van der Waals surface area contributed by atoms with E-state index in [1.165, 1.54) is 44.2 Å². The molecule has 1 aliphatic rings. The average Bonchev–Trinajstić information content (AvgIpc) is 3.16. The number of aromatic nitrogens is 1. The number of hydrogen-bond donors (Lipinski definition) is 2. The van der Waals surface area contributed by atoms with Crippen LogP contribution in [0.25, 0.3) is 10.9 Å². The summed E-state index contributed by atoms with van der Waals surface area (Å²) in [4.78, 5) is 26.8. The molecule has 9 heteroatoms. The molecule has 2 N–H and O–H groups in total. The molecule has 1 heterocycles. The Morgan fingerprint density at radius 2 is 2.00 bits per heavy atom. The normalized spacial score (nSPS) is 13.2.